The summed E-state index contributed by atoms with van der Waals surface area (Å²) in [4.78, 5) is 0. The molecule has 12 heteroatoms. The monoisotopic (exact) mass is 603 g/mol. The molecule has 0 fully saturated rings. The fraction of sp³-hybridized carbons (Fsp3) is 0. The fourth-order valence-electron chi connectivity index (χ4n) is 6.56. The molecule has 0 unspecified atom stereocenters. The third-order valence-corrected chi connectivity index (χ3v) is 17.7. The lowest BCUT2D eigenvalue weighted by Crippen LogP contribution is -2.20. The van der Waals surface area contributed by atoms with Crippen LogP contribution in [0, 0.1) is 0 Å². The van der Waals surface area contributed by atoms with Gasteiger partial charge in [-0.15, -0.1) is 0 Å². The Labute approximate surface area is 241 Å². The van der Waals surface area contributed by atoms with Gasteiger partial charge in [0.05, 0.1) is 34.1 Å². The molecule has 0 aliphatic carbocycles. The highest BCUT2D eigenvalue weighted by molar-refractivity contribution is 7.90. The molecule has 9 nitrogen and oxygen atoms in total. The van der Waals surface area contributed by atoms with Gasteiger partial charge < -0.3 is 30.5 Å². The highest BCUT2D eigenvalue weighted by atomic mass is 31.3. The van der Waals surface area contributed by atoms with E-state index in [2.05, 4.69) is 140 Å². The van der Waals surface area contributed by atoms with Crippen molar-refractivity contribution in [3.63, 3.8) is 0 Å². The lowest BCUT2D eigenvalue weighted by atomic mass is 10.1. The molecular weight excluding hydrogens is 579 g/mol. The maximum Gasteiger partial charge on any atom is 0.268 e. The van der Waals surface area contributed by atoms with Gasteiger partial charge in [0.1, 0.15) is 0 Å². The van der Waals surface area contributed by atoms with Crippen molar-refractivity contribution in [1.82, 2.24) is 0 Å². The number of nitrogens with zero attached hydrogens (tertiary/aromatic N) is 3. The third kappa shape index (κ3) is 3.19. The number of hydrogen-bond donors (Lipinski definition) is 6. The average Bonchev–Trinajstić information content (AvgIpc) is 2.97. The Morgan fingerprint density at radius 1 is 0.310 bits per heavy atom. The van der Waals surface area contributed by atoms with Crippen LogP contribution in [-0.4, -0.2) is 0 Å². The minimum absolute atomic E-state index is 1.03. The first-order chi connectivity index (χ1) is 20.6. The van der Waals surface area contributed by atoms with Crippen LogP contribution in [0.15, 0.2) is 123 Å². The molecular formula is C30H24N9P3. The number of nitrogens with one attached hydrogen (secondary N) is 6. The van der Waals surface area contributed by atoms with E-state index in [0.717, 1.165) is 50.3 Å². The molecule has 3 spiro atoms. The summed E-state index contributed by atoms with van der Waals surface area (Å²) in [5.41, 5.74) is 6.17. The normalized spacial score (nSPS) is 18.9. The van der Waals surface area contributed by atoms with Crippen molar-refractivity contribution in [2.45, 2.75) is 0 Å². The zero-order valence-corrected chi connectivity index (χ0v) is 24.8. The van der Waals surface area contributed by atoms with Gasteiger partial charge in [0.2, 0.25) is 0 Å². The zero-order valence-electron chi connectivity index (χ0n) is 22.1. The van der Waals surface area contributed by atoms with Crippen molar-refractivity contribution in [2.24, 2.45) is 13.5 Å². The second-order valence-electron chi connectivity index (χ2n) is 10.9. The number of hydrogen-bond acceptors (Lipinski definition) is 9. The molecule has 4 aliphatic heterocycles. The van der Waals surface area contributed by atoms with Crippen molar-refractivity contribution in [2.75, 3.05) is 30.5 Å². The highest BCUT2D eigenvalue weighted by Crippen LogP contribution is 2.79. The van der Waals surface area contributed by atoms with Crippen LogP contribution in [0.5, 0.6) is 0 Å². The summed E-state index contributed by atoms with van der Waals surface area (Å²) in [6.07, 6.45) is 0. The SMILES string of the molecule is c1cc2c3c(cccc3c1)NP1(=NP3(=NP4(=N1)Nc1cccc5cccc(c15)N4)Nc1cccc4cccc(c14)N3)N2. The van der Waals surface area contributed by atoms with Crippen molar-refractivity contribution >= 4 is 89.0 Å². The summed E-state index contributed by atoms with van der Waals surface area (Å²) in [5, 5.41) is 29.9. The van der Waals surface area contributed by atoms with Crippen molar-refractivity contribution in [3.05, 3.63) is 109 Å². The molecule has 6 aromatic carbocycles. The van der Waals surface area contributed by atoms with Crippen LogP contribution in [0.25, 0.3) is 32.3 Å². The first-order valence-electron chi connectivity index (χ1n) is 13.8. The van der Waals surface area contributed by atoms with E-state index in [-0.39, 0.29) is 0 Å². The van der Waals surface area contributed by atoms with Crippen molar-refractivity contribution < 1.29 is 0 Å². The largest absolute Gasteiger partial charge is 0.318 e. The Balaban J connectivity index is 1.26. The van der Waals surface area contributed by atoms with Gasteiger partial charge in [-0.2, -0.15) is 13.5 Å². The molecule has 6 aromatic rings. The maximum absolute atomic E-state index is 5.58. The number of rotatable bonds is 0. The van der Waals surface area contributed by atoms with Crippen LogP contribution in [0.1, 0.15) is 0 Å². The lowest BCUT2D eigenvalue weighted by Gasteiger charge is -2.42. The van der Waals surface area contributed by atoms with E-state index in [1.165, 1.54) is 16.2 Å². The molecule has 6 N–H and O–H groups in total. The Bertz CT molecular complexity index is 1970. The van der Waals surface area contributed by atoms with Gasteiger partial charge in [-0.05, 0) is 52.6 Å². The molecule has 204 valence electrons. The van der Waals surface area contributed by atoms with Crippen LogP contribution in [0.4, 0.5) is 34.1 Å². The van der Waals surface area contributed by atoms with Crippen LogP contribution < -0.4 is 30.5 Å². The minimum atomic E-state index is -2.82. The van der Waals surface area contributed by atoms with E-state index in [4.69, 9.17) is 13.5 Å². The second kappa shape index (κ2) is 7.90. The molecule has 0 saturated carbocycles. The summed E-state index contributed by atoms with van der Waals surface area (Å²) >= 11 is 0. The maximum atomic E-state index is 5.58. The zero-order chi connectivity index (χ0) is 27.5. The standard InChI is InChI=1S/C30H24N9P3/c1-7-19-8-2-14-23-28(19)22(13-1)31-40(32-23)37-41(33-24-15-3-9-20-10-4-16-25(34-41)29(20)24)39-42(38-40)35-26-17-5-11-21-12-6-18-27(36-42)30(21)26/h1-18,31-36H. The summed E-state index contributed by atoms with van der Waals surface area (Å²) in [5.74, 6) is 0. The van der Waals surface area contributed by atoms with Gasteiger partial charge in [0, 0.05) is 16.2 Å². The Morgan fingerprint density at radius 2 is 0.524 bits per heavy atom. The van der Waals surface area contributed by atoms with Gasteiger partial charge in [-0.1, -0.05) is 72.8 Å². The van der Waals surface area contributed by atoms with E-state index in [0.29, 0.717) is 0 Å². The highest BCUT2D eigenvalue weighted by Gasteiger charge is 2.43. The van der Waals surface area contributed by atoms with E-state index in [9.17, 15) is 0 Å². The van der Waals surface area contributed by atoms with Crippen LogP contribution in [0.3, 0.4) is 0 Å². The van der Waals surface area contributed by atoms with Crippen LogP contribution in [-0.2, 0) is 0 Å². The molecule has 0 radical (unpaired) electrons. The van der Waals surface area contributed by atoms with Crippen LogP contribution >= 0.6 is 22.5 Å². The predicted octanol–water partition coefficient (Wildman–Crippen LogP) is 10.9. The first kappa shape index (κ1) is 23.2. The molecule has 4 aliphatic rings. The van der Waals surface area contributed by atoms with Crippen molar-refractivity contribution in [1.29, 1.82) is 0 Å². The summed E-state index contributed by atoms with van der Waals surface area (Å²) < 4.78 is 16.7. The van der Waals surface area contributed by atoms with Gasteiger partial charge in [-0.3, -0.25) is 0 Å². The Hall–Kier alpha value is -4.41. The minimum Gasteiger partial charge on any atom is -0.318 e. The number of anilines is 6. The fourth-order valence-corrected chi connectivity index (χ4v) is 17.9. The molecule has 0 saturated heterocycles. The van der Waals surface area contributed by atoms with E-state index >= 15 is 0 Å². The summed E-state index contributed by atoms with van der Waals surface area (Å²) in [7, 11) is -8.45. The van der Waals surface area contributed by atoms with E-state index < -0.39 is 22.5 Å². The summed E-state index contributed by atoms with van der Waals surface area (Å²) in [6, 6.07) is 38.1. The van der Waals surface area contributed by atoms with E-state index in [1.54, 1.807) is 0 Å². The van der Waals surface area contributed by atoms with Gasteiger partial charge in [-0.25, -0.2) is 0 Å². The molecule has 0 amide bonds. The van der Waals surface area contributed by atoms with Gasteiger partial charge >= 0.3 is 0 Å². The Kier molecular flexibility index (Phi) is 4.36. The third-order valence-electron chi connectivity index (χ3n) is 8.15. The molecule has 0 atom stereocenters. The molecule has 4 heterocycles. The van der Waals surface area contributed by atoms with Gasteiger partial charge in [0.15, 0.2) is 0 Å². The quantitative estimate of drug-likeness (QED) is 0.0964. The molecule has 10 rings (SSSR count). The molecule has 0 aromatic heterocycles. The van der Waals surface area contributed by atoms with Gasteiger partial charge in [0.25, 0.3) is 22.5 Å². The predicted molar refractivity (Wildman–Crippen MR) is 182 cm³/mol. The number of benzene rings is 6. The molecule has 42 heavy (non-hydrogen) atoms. The topological polar surface area (TPSA) is 109 Å². The smallest absolute Gasteiger partial charge is 0.268 e. The van der Waals surface area contributed by atoms with Crippen molar-refractivity contribution in [3.8, 4) is 0 Å². The summed E-state index contributed by atoms with van der Waals surface area (Å²) in [6.45, 7) is 0. The first-order valence-corrected chi connectivity index (χ1v) is 18.8. The lowest BCUT2D eigenvalue weighted by molar-refractivity contribution is 1.49. The second-order valence-corrected chi connectivity index (χ2v) is 18.0. The van der Waals surface area contributed by atoms with Crippen LogP contribution in [0.2, 0.25) is 0 Å². The molecule has 0 bridgehead atoms. The van der Waals surface area contributed by atoms with E-state index in [1.807, 2.05) is 0 Å². The Morgan fingerprint density at radius 3 is 0.738 bits per heavy atom. The average molecular weight is 604 g/mol.